The van der Waals surface area contributed by atoms with Gasteiger partial charge >= 0.3 is 0 Å². The van der Waals surface area contributed by atoms with Crippen LogP contribution in [0.15, 0.2) is 46.9 Å². The van der Waals surface area contributed by atoms with Crippen molar-refractivity contribution in [2.24, 2.45) is 0 Å². The average molecular weight is 330 g/mol. The summed E-state index contributed by atoms with van der Waals surface area (Å²) in [6.07, 6.45) is 0. The summed E-state index contributed by atoms with van der Waals surface area (Å²) in [5, 5.41) is 0.825. The van der Waals surface area contributed by atoms with Gasteiger partial charge in [0.25, 0.3) is 0 Å². The lowest BCUT2D eigenvalue weighted by molar-refractivity contribution is 0.103. The highest BCUT2D eigenvalue weighted by Gasteiger charge is 2.15. The number of carbonyl (C=O) groups is 1. The number of ketones is 1. The lowest BCUT2D eigenvalue weighted by Crippen LogP contribution is -2.02. The highest BCUT2D eigenvalue weighted by atomic mass is 79.9. The molecule has 0 aliphatic heterocycles. The Morgan fingerprint density at radius 2 is 1.65 bits per heavy atom. The summed E-state index contributed by atoms with van der Waals surface area (Å²) in [7, 11) is 0. The Hall–Kier alpha value is -0.830. The minimum absolute atomic E-state index is 0.118. The fraction of sp³-hybridized carbons (Fsp3) is 0. The predicted molar refractivity (Wildman–Crippen MR) is 74.0 cm³/mol. The molecule has 0 atom stereocenters. The van der Waals surface area contributed by atoms with Gasteiger partial charge in [0, 0.05) is 11.1 Å². The Balaban J connectivity index is 2.49. The lowest BCUT2D eigenvalue weighted by Gasteiger charge is -2.06. The Bertz CT molecular complexity index is 567. The van der Waals surface area contributed by atoms with E-state index in [4.69, 9.17) is 23.2 Å². The molecule has 2 aromatic rings. The van der Waals surface area contributed by atoms with Crippen LogP contribution in [-0.4, -0.2) is 5.78 Å². The summed E-state index contributed by atoms with van der Waals surface area (Å²) >= 11 is 15.2. The molecule has 0 aromatic heterocycles. The Morgan fingerprint density at radius 3 is 2.29 bits per heavy atom. The van der Waals surface area contributed by atoms with Crippen LogP contribution in [0.3, 0.4) is 0 Å². The third-order valence-electron chi connectivity index (χ3n) is 2.32. The quantitative estimate of drug-likeness (QED) is 0.560. The minimum Gasteiger partial charge on any atom is -0.289 e. The molecular formula is C13H7BrCl2O. The second kappa shape index (κ2) is 5.21. The molecule has 4 heteroatoms. The smallest absolute Gasteiger partial charge is 0.194 e. The molecule has 0 heterocycles. The number of halogens is 3. The average Bonchev–Trinajstić information content (AvgIpc) is 2.36. The molecular weight excluding hydrogens is 323 g/mol. The van der Waals surface area contributed by atoms with Crippen molar-refractivity contribution in [3.8, 4) is 0 Å². The molecule has 1 nitrogen and oxygen atoms in total. The second-order valence-corrected chi connectivity index (χ2v) is 5.00. The van der Waals surface area contributed by atoms with Crippen LogP contribution in [0.4, 0.5) is 0 Å². The fourth-order valence-corrected chi connectivity index (χ4v) is 2.25. The van der Waals surface area contributed by atoms with Gasteiger partial charge in [-0.05, 0) is 28.1 Å². The monoisotopic (exact) mass is 328 g/mol. The van der Waals surface area contributed by atoms with Crippen molar-refractivity contribution in [3.05, 3.63) is 68.1 Å². The van der Waals surface area contributed by atoms with E-state index in [9.17, 15) is 4.79 Å². The molecule has 2 rings (SSSR count). The third-order valence-corrected chi connectivity index (χ3v) is 4.30. The van der Waals surface area contributed by atoms with Gasteiger partial charge in [-0.1, -0.05) is 53.5 Å². The van der Waals surface area contributed by atoms with Crippen LogP contribution in [0.25, 0.3) is 0 Å². The lowest BCUT2D eigenvalue weighted by atomic mass is 10.0. The summed E-state index contributed by atoms with van der Waals surface area (Å²) in [4.78, 5) is 12.2. The van der Waals surface area contributed by atoms with Crippen LogP contribution in [-0.2, 0) is 0 Å². The van der Waals surface area contributed by atoms with Gasteiger partial charge in [0.2, 0.25) is 0 Å². The van der Waals surface area contributed by atoms with Gasteiger partial charge in [0.05, 0.1) is 14.5 Å². The van der Waals surface area contributed by atoms with Crippen molar-refractivity contribution in [3.63, 3.8) is 0 Å². The van der Waals surface area contributed by atoms with Crippen LogP contribution in [0.2, 0.25) is 10.0 Å². The molecule has 0 aliphatic carbocycles. The molecule has 0 saturated carbocycles. The molecule has 0 saturated heterocycles. The highest BCUT2D eigenvalue weighted by Crippen LogP contribution is 2.33. The van der Waals surface area contributed by atoms with Gasteiger partial charge in [0.1, 0.15) is 0 Å². The van der Waals surface area contributed by atoms with Gasteiger partial charge in [-0.15, -0.1) is 0 Å². The van der Waals surface area contributed by atoms with E-state index in [1.54, 1.807) is 24.3 Å². The van der Waals surface area contributed by atoms with Gasteiger partial charge in [-0.25, -0.2) is 0 Å². The zero-order valence-corrected chi connectivity index (χ0v) is 11.7. The normalized spacial score (nSPS) is 10.3. The first kappa shape index (κ1) is 12.6. The minimum atomic E-state index is -0.118. The second-order valence-electron chi connectivity index (χ2n) is 3.42. The van der Waals surface area contributed by atoms with Crippen molar-refractivity contribution < 1.29 is 4.79 Å². The molecule has 0 radical (unpaired) electrons. The van der Waals surface area contributed by atoms with E-state index in [0.29, 0.717) is 25.6 Å². The maximum absolute atomic E-state index is 12.2. The van der Waals surface area contributed by atoms with E-state index in [0.717, 1.165) is 0 Å². The molecule has 0 aliphatic rings. The van der Waals surface area contributed by atoms with Gasteiger partial charge < -0.3 is 0 Å². The summed E-state index contributed by atoms with van der Waals surface area (Å²) < 4.78 is 0.544. The van der Waals surface area contributed by atoms with Crippen LogP contribution in [0.1, 0.15) is 15.9 Å². The molecule has 0 amide bonds. The van der Waals surface area contributed by atoms with Gasteiger partial charge in [-0.2, -0.15) is 0 Å². The highest BCUT2D eigenvalue weighted by molar-refractivity contribution is 9.10. The third kappa shape index (κ3) is 2.54. The first-order valence-corrected chi connectivity index (χ1v) is 6.39. The van der Waals surface area contributed by atoms with E-state index >= 15 is 0 Å². The van der Waals surface area contributed by atoms with Crippen LogP contribution < -0.4 is 0 Å². The zero-order chi connectivity index (χ0) is 12.4. The zero-order valence-electron chi connectivity index (χ0n) is 8.58. The summed E-state index contributed by atoms with van der Waals surface area (Å²) in [6.45, 7) is 0. The van der Waals surface area contributed by atoms with E-state index in [1.807, 2.05) is 18.2 Å². The maximum atomic E-state index is 12.2. The number of benzene rings is 2. The predicted octanol–water partition coefficient (Wildman–Crippen LogP) is 4.99. The molecule has 0 unspecified atom stereocenters. The first-order valence-electron chi connectivity index (χ1n) is 4.84. The molecule has 0 bridgehead atoms. The van der Waals surface area contributed by atoms with Crippen LogP contribution in [0, 0.1) is 0 Å². The molecule has 0 fully saturated rings. The molecule has 2 aromatic carbocycles. The maximum Gasteiger partial charge on any atom is 0.194 e. The SMILES string of the molecule is O=C(c1ccccc1)c1ccc(Cl)c(Br)c1Cl. The van der Waals surface area contributed by atoms with E-state index < -0.39 is 0 Å². The Labute approximate surface area is 117 Å². The molecule has 86 valence electrons. The number of hydrogen-bond donors (Lipinski definition) is 0. The Kier molecular flexibility index (Phi) is 3.87. The number of carbonyl (C=O) groups excluding carboxylic acids is 1. The largest absolute Gasteiger partial charge is 0.289 e. The fourth-order valence-electron chi connectivity index (χ4n) is 1.45. The summed E-state index contributed by atoms with van der Waals surface area (Å²) in [5.74, 6) is -0.118. The van der Waals surface area contributed by atoms with Crippen molar-refractivity contribution in [1.29, 1.82) is 0 Å². The number of hydrogen-bond acceptors (Lipinski definition) is 1. The molecule has 0 N–H and O–H groups in total. The standard InChI is InChI=1S/C13H7BrCl2O/c14-11-10(15)7-6-9(12(11)16)13(17)8-4-2-1-3-5-8/h1-7H. The molecule has 0 spiro atoms. The van der Waals surface area contributed by atoms with Crippen molar-refractivity contribution in [2.75, 3.05) is 0 Å². The van der Waals surface area contributed by atoms with Gasteiger partial charge in [0.15, 0.2) is 5.78 Å². The first-order chi connectivity index (χ1) is 8.11. The topological polar surface area (TPSA) is 17.1 Å². The van der Waals surface area contributed by atoms with Crippen molar-refractivity contribution >= 4 is 44.9 Å². The summed E-state index contributed by atoms with van der Waals surface area (Å²) in [6, 6.07) is 12.3. The van der Waals surface area contributed by atoms with E-state index in [1.165, 1.54) is 0 Å². The Morgan fingerprint density at radius 1 is 1.00 bits per heavy atom. The van der Waals surface area contributed by atoms with Crippen molar-refractivity contribution in [2.45, 2.75) is 0 Å². The molecule has 17 heavy (non-hydrogen) atoms. The summed E-state index contributed by atoms with van der Waals surface area (Å²) in [5.41, 5.74) is 1.04. The number of rotatable bonds is 2. The van der Waals surface area contributed by atoms with Crippen LogP contribution >= 0.6 is 39.1 Å². The van der Waals surface area contributed by atoms with Crippen molar-refractivity contribution in [1.82, 2.24) is 0 Å². The van der Waals surface area contributed by atoms with E-state index in [2.05, 4.69) is 15.9 Å². The van der Waals surface area contributed by atoms with Crippen LogP contribution in [0.5, 0.6) is 0 Å². The van der Waals surface area contributed by atoms with E-state index in [-0.39, 0.29) is 5.78 Å². The van der Waals surface area contributed by atoms with Gasteiger partial charge in [-0.3, -0.25) is 4.79 Å².